The van der Waals surface area contributed by atoms with Gasteiger partial charge in [0.25, 0.3) is 0 Å². The first-order chi connectivity index (χ1) is 14.6. The molecule has 1 aromatic heterocycles. The molecule has 2 aliphatic carbocycles. The number of fused-ring (bicyclic) bond motifs is 1. The van der Waals surface area contributed by atoms with E-state index in [2.05, 4.69) is 22.0 Å². The number of carbonyl (C=O) groups is 1. The summed E-state index contributed by atoms with van der Waals surface area (Å²) in [6.45, 7) is 5.91. The number of hydrogen-bond acceptors (Lipinski definition) is 4. The summed E-state index contributed by atoms with van der Waals surface area (Å²) in [5.74, 6) is 1.44. The fourth-order valence-corrected chi connectivity index (χ4v) is 4.72. The van der Waals surface area contributed by atoms with Crippen LogP contribution in [0.3, 0.4) is 0 Å². The Hall–Kier alpha value is -2.53. The maximum Gasteiger partial charge on any atom is 0.225 e. The molecule has 0 unspecified atom stereocenters. The quantitative estimate of drug-likeness (QED) is 0.719. The molecule has 1 amide bonds. The molecular weight excluding hydrogens is 398 g/mol. The second-order valence-corrected chi connectivity index (χ2v) is 8.61. The standard InChI is InChI=1S/C24H26ClN3O2/c1-2-30-18-5-6-19(21(25)15-18)17-13-20-22(14-17)26-8-7-23(20)27-9-11-28(12-10-27)24(29)16-3-4-16/h5-8,13,15-16H,2-4,9-12,14H2,1H3. The second kappa shape index (κ2) is 7.95. The molecule has 156 valence electrons. The van der Waals surface area contributed by atoms with Crippen LogP contribution in [0.25, 0.3) is 11.6 Å². The Kier molecular flexibility index (Phi) is 5.15. The normalized spacial score (nSPS) is 18.3. The molecule has 2 fully saturated rings. The molecule has 1 saturated heterocycles. The van der Waals surface area contributed by atoms with Gasteiger partial charge >= 0.3 is 0 Å². The van der Waals surface area contributed by atoms with Crippen LogP contribution in [0.5, 0.6) is 5.75 Å². The lowest BCUT2D eigenvalue weighted by Crippen LogP contribution is -2.49. The van der Waals surface area contributed by atoms with Crippen LogP contribution >= 0.6 is 11.6 Å². The second-order valence-electron chi connectivity index (χ2n) is 8.20. The maximum atomic E-state index is 12.4. The maximum absolute atomic E-state index is 12.4. The smallest absolute Gasteiger partial charge is 0.225 e. The lowest BCUT2D eigenvalue weighted by molar-refractivity contribution is -0.132. The van der Waals surface area contributed by atoms with Crippen LogP contribution in [0.4, 0.5) is 5.69 Å². The summed E-state index contributed by atoms with van der Waals surface area (Å²) in [5.41, 5.74) is 5.68. The van der Waals surface area contributed by atoms with Crippen LogP contribution in [-0.2, 0) is 11.2 Å². The number of anilines is 1. The fourth-order valence-electron chi connectivity index (χ4n) is 4.43. The summed E-state index contributed by atoms with van der Waals surface area (Å²) in [6.07, 6.45) is 7.03. The average molecular weight is 424 g/mol. The van der Waals surface area contributed by atoms with Gasteiger partial charge in [-0.25, -0.2) is 0 Å². The molecule has 2 aromatic rings. The van der Waals surface area contributed by atoms with E-state index in [1.54, 1.807) is 0 Å². The third kappa shape index (κ3) is 3.67. The molecule has 0 radical (unpaired) electrons. The van der Waals surface area contributed by atoms with Crippen molar-refractivity contribution in [2.24, 2.45) is 5.92 Å². The number of pyridine rings is 1. The zero-order valence-corrected chi connectivity index (χ0v) is 18.0. The number of nitrogens with zero attached hydrogens (tertiary/aromatic N) is 3. The van der Waals surface area contributed by atoms with E-state index in [1.807, 2.05) is 36.2 Å². The number of amides is 1. The van der Waals surface area contributed by atoms with E-state index >= 15 is 0 Å². The van der Waals surface area contributed by atoms with Crippen molar-refractivity contribution in [3.05, 3.63) is 52.3 Å². The lowest BCUT2D eigenvalue weighted by atomic mass is 10.0. The topological polar surface area (TPSA) is 45.7 Å². The van der Waals surface area contributed by atoms with Gasteiger partial charge in [-0.3, -0.25) is 9.78 Å². The van der Waals surface area contributed by atoms with Gasteiger partial charge in [-0.15, -0.1) is 0 Å². The Labute approximate surface area is 182 Å². The molecule has 0 atom stereocenters. The number of benzene rings is 1. The van der Waals surface area contributed by atoms with Gasteiger partial charge in [0.05, 0.1) is 17.3 Å². The van der Waals surface area contributed by atoms with Crippen molar-refractivity contribution < 1.29 is 9.53 Å². The summed E-state index contributed by atoms with van der Waals surface area (Å²) in [7, 11) is 0. The first-order valence-electron chi connectivity index (χ1n) is 10.8. The van der Waals surface area contributed by atoms with Gasteiger partial charge < -0.3 is 14.5 Å². The van der Waals surface area contributed by atoms with Crippen LogP contribution in [0, 0.1) is 5.92 Å². The Morgan fingerprint density at radius 1 is 1.20 bits per heavy atom. The molecule has 5 rings (SSSR count). The highest BCUT2D eigenvalue weighted by atomic mass is 35.5. The molecule has 30 heavy (non-hydrogen) atoms. The summed E-state index contributed by atoms with van der Waals surface area (Å²) in [5, 5.41) is 0.703. The molecule has 3 aliphatic rings. The van der Waals surface area contributed by atoms with Gasteiger partial charge in [-0.2, -0.15) is 0 Å². The van der Waals surface area contributed by atoms with Gasteiger partial charge in [-0.1, -0.05) is 11.6 Å². The number of rotatable bonds is 5. The molecule has 0 spiro atoms. The third-order valence-electron chi connectivity index (χ3n) is 6.18. The average Bonchev–Trinajstić information content (AvgIpc) is 3.52. The number of ether oxygens (including phenoxy) is 1. The van der Waals surface area contributed by atoms with E-state index in [0.717, 1.165) is 62.4 Å². The fraction of sp³-hybridized carbons (Fsp3) is 0.417. The van der Waals surface area contributed by atoms with E-state index in [1.165, 1.54) is 16.8 Å². The zero-order valence-electron chi connectivity index (χ0n) is 17.2. The minimum absolute atomic E-state index is 0.297. The number of aromatic nitrogens is 1. The van der Waals surface area contributed by atoms with Crippen molar-refractivity contribution in [2.45, 2.75) is 26.2 Å². The first-order valence-corrected chi connectivity index (χ1v) is 11.2. The minimum atomic E-state index is 0.297. The van der Waals surface area contributed by atoms with Crippen molar-refractivity contribution in [3.8, 4) is 5.75 Å². The van der Waals surface area contributed by atoms with Gasteiger partial charge in [-0.05, 0) is 61.2 Å². The minimum Gasteiger partial charge on any atom is -0.494 e. The highest BCUT2D eigenvalue weighted by Crippen LogP contribution is 2.39. The van der Waals surface area contributed by atoms with Gasteiger partial charge in [0.1, 0.15) is 5.75 Å². The number of carbonyl (C=O) groups excluding carboxylic acids is 1. The number of allylic oxidation sites excluding steroid dienone is 1. The van der Waals surface area contributed by atoms with E-state index in [-0.39, 0.29) is 0 Å². The van der Waals surface area contributed by atoms with Gasteiger partial charge in [0, 0.05) is 56.0 Å². The summed E-state index contributed by atoms with van der Waals surface area (Å²) in [6, 6.07) is 7.98. The zero-order chi connectivity index (χ0) is 20.7. The molecule has 1 aromatic carbocycles. The van der Waals surface area contributed by atoms with Crippen molar-refractivity contribution in [1.82, 2.24) is 9.88 Å². The first kappa shape index (κ1) is 19.4. The lowest BCUT2D eigenvalue weighted by Gasteiger charge is -2.37. The third-order valence-corrected chi connectivity index (χ3v) is 6.49. The summed E-state index contributed by atoms with van der Waals surface area (Å²) in [4.78, 5) is 21.4. The molecule has 2 heterocycles. The van der Waals surface area contributed by atoms with Crippen LogP contribution < -0.4 is 9.64 Å². The Morgan fingerprint density at radius 2 is 2.00 bits per heavy atom. The molecule has 6 heteroatoms. The number of halogens is 1. The Bertz CT molecular complexity index is 1010. The van der Waals surface area contributed by atoms with Crippen LogP contribution in [0.2, 0.25) is 5.02 Å². The number of piperazine rings is 1. The highest BCUT2D eigenvalue weighted by molar-refractivity contribution is 6.32. The van der Waals surface area contributed by atoms with Crippen LogP contribution in [0.1, 0.15) is 36.6 Å². The van der Waals surface area contributed by atoms with Crippen LogP contribution in [0.15, 0.2) is 30.5 Å². The molecule has 1 aliphatic heterocycles. The largest absolute Gasteiger partial charge is 0.494 e. The van der Waals surface area contributed by atoms with Crippen molar-refractivity contribution >= 4 is 34.8 Å². The van der Waals surface area contributed by atoms with Gasteiger partial charge in [0.15, 0.2) is 0 Å². The summed E-state index contributed by atoms with van der Waals surface area (Å²) < 4.78 is 5.56. The monoisotopic (exact) mass is 423 g/mol. The molecule has 1 saturated carbocycles. The van der Waals surface area contributed by atoms with Crippen molar-refractivity contribution in [2.75, 3.05) is 37.7 Å². The molecular formula is C24H26ClN3O2. The predicted octanol–water partition coefficient (Wildman–Crippen LogP) is 4.29. The SMILES string of the molecule is CCOc1ccc(C2=Cc3c(N4CCN(C(=O)C5CC5)CC4)ccnc3C2)c(Cl)c1. The Morgan fingerprint density at radius 3 is 2.70 bits per heavy atom. The Balaban J connectivity index is 1.36. The van der Waals surface area contributed by atoms with E-state index in [0.29, 0.717) is 23.5 Å². The summed E-state index contributed by atoms with van der Waals surface area (Å²) >= 11 is 6.56. The predicted molar refractivity (Wildman–Crippen MR) is 120 cm³/mol. The van der Waals surface area contributed by atoms with E-state index in [4.69, 9.17) is 16.3 Å². The molecule has 0 bridgehead atoms. The van der Waals surface area contributed by atoms with Crippen molar-refractivity contribution in [1.29, 1.82) is 0 Å². The highest BCUT2D eigenvalue weighted by Gasteiger charge is 2.35. The molecule has 5 nitrogen and oxygen atoms in total. The molecule has 0 N–H and O–H groups in total. The number of hydrogen-bond donors (Lipinski definition) is 0. The van der Waals surface area contributed by atoms with Gasteiger partial charge in [0.2, 0.25) is 5.91 Å². The van der Waals surface area contributed by atoms with E-state index in [9.17, 15) is 4.79 Å². The van der Waals surface area contributed by atoms with Crippen LogP contribution in [-0.4, -0.2) is 48.6 Å². The van der Waals surface area contributed by atoms with Crippen molar-refractivity contribution in [3.63, 3.8) is 0 Å². The van der Waals surface area contributed by atoms with E-state index < -0.39 is 0 Å².